The molecule has 72 valence electrons. The van der Waals surface area contributed by atoms with Gasteiger partial charge in [-0.2, -0.15) is 0 Å². The monoisotopic (exact) mass is 188 g/mol. The van der Waals surface area contributed by atoms with Crippen LogP contribution in [0.2, 0.25) is 12.1 Å². The highest BCUT2D eigenvalue weighted by Gasteiger charge is 2.37. The highest BCUT2D eigenvalue weighted by Crippen LogP contribution is 2.36. The maximum Gasteiger partial charge on any atom is 0.217 e. The zero-order chi connectivity index (χ0) is 9.03. The molecule has 3 heteroatoms. The first kappa shape index (κ1) is 10.2. The topological polar surface area (TPSA) is 29.5 Å². The summed E-state index contributed by atoms with van der Waals surface area (Å²) < 4.78 is 5.52. The molecule has 0 spiro atoms. The van der Waals surface area contributed by atoms with E-state index in [1.807, 2.05) is 0 Å². The molecule has 1 aliphatic rings. The van der Waals surface area contributed by atoms with Crippen LogP contribution in [-0.2, 0) is 4.43 Å². The van der Waals surface area contributed by atoms with Crippen LogP contribution in [0.15, 0.2) is 0 Å². The third-order valence-electron chi connectivity index (χ3n) is 3.25. The molecule has 0 radical (unpaired) electrons. The predicted octanol–water partition coefficient (Wildman–Crippen LogP) is 2.07. The quantitative estimate of drug-likeness (QED) is 0.687. The lowest BCUT2D eigenvalue weighted by molar-refractivity contribution is 0.282. The predicted molar refractivity (Wildman–Crippen MR) is 52.5 cm³/mol. The zero-order valence-electron chi connectivity index (χ0n) is 8.18. The van der Waals surface area contributed by atoms with E-state index in [-0.39, 0.29) is 6.23 Å². The van der Waals surface area contributed by atoms with Crippen molar-refractivity contribution < 1.29 is 9.53 Å². The molecule has 0 aromatic heterocycles. The number of aliphatic hydroxyl groups excluding tert-OH is 1. The van der Waals surface area contributed by atoms with E-state index in [0.29, 0.717) is 5.54 Å². The molecule has 0 aliphatic heterocycles. The van der Waals surface area contributed by atoms with Gasteiger partial charge in [-0.05, 0) is 12.1 Å². The molecule has 2 nitrogen and oxygen atoms in total. The summed E-state index contributed by atoms with van der Waals surface area (Å²) in [5, 5.41) is 9.27. The van der Waals surface area contributed by atoms with Crippen molar-refractivity contribution in [3.63, 3.8) is 0 Å². The highest BCUT2D eigenvalue weighted by molar-refractivity contribution is 6.73. The van der Waals surface area contributed by atoms with E-state index in [2.05, 4.69) is 6.55 Å². The third kappa shape index (κ3) is 2.09. The third-order valence-corrected chi connectivity index (χ3v) is 7.11. The van der Waals surface area contributed by atoms with E-state index in [0.717, 1.165) is 0 Å². The van der Waals surface area contributed by atoms with Gasteiger partial charge in [0.05, 0.1) is 6.23 Å². The number of rotatable bonds is 3. The Balaban J connectivity index is 2.51. The normalized spacial score (nSPS) is 25.2. The Bertz CT molecular complexity index is 128. The maximum atomic E-state index is 9.27. The standard InChI is InChI=1S/C9H20O2Si/c1-11-12(2,8-10)9-6-4-3-5-7-9/h9-10H,3-8H2,1-2H3. The molecule has 1 atom stereocenters. The van der Waals surface area contributed by atoms with E-state index < -0.39 is 8.32 Å². The Kier molecular flexibility index (Phi) is 3.74. The fourth-order valence-electron chi connectivity index (χ4n) is 2.07. The molecule has 1 fully saturated rings. The van der Waals surface area contributed by atoms with E-state index in [9.17, 15) is 5.11 Å². The smallest absolute Gasteiger partial charge is 0.217 e. The van der Waals surface area contributed by atoms with Gasteiger partial charge in [-0.25, -0.2) is 0 Å². The van der Waals surface area contributed by atoms with Gasteiger partial charge >= 0.3 is 0 Å². The molecule has 1 aliphatic carbocycles. The van der Waals surface area contributed by atoms with Gasteiger partial charge in [-0.1, -0.05) is 32.1 Å². The van der Waals surface area contributed by atoms with E-state index >= 15 is 0 Å². The van der Waals surface area contributed by atoms with Gasteiger partial charge in [0.15, 0.2) is 0 Å². The molecule has 0 bridgehead atoms. The zero-order valence-corrected chi connectivity index (χ0v) is 9.18. The van der Waals surface area contributed by atoms with Crippen LogP contribution in [0.5, 0.6) is 0 Å². The molecule has 12 heavy (non-hydrogen) atoms. The van der Waals surface area contributed by atoms with Crippen LogP contribution < -0.4 is 0 Å². The minimum atomic E-state index is -1.74. The number of hydrogen-bond donors (Lipinski definition) is 1. The van der Waals surface area contributed by atoms with Crippen molar-refractivity contribution in [2.75, 3.05) is 13.3 Å². The van der Waals surface area contributed by atoms with Gasteiger partial charge in [-0.15, -0.1) is 0 Å². The molecular weight excluding hydrogens is 168 g/mol. The van der Waals surface area contributed by atoms with Crippen LogP contribution in [0.3, 0.4) is 0 Å². The second-order valence-electron chi connectivity index (χ2n) is 4.01. The van der Waals surface area contributed by atoms with E-state index in [4.69, 9.17) is 4.43 Å². The molecule has 1 unspecified atom stereocenters. The molecule has 0 aromatic carbocycles. The van der Waals surface area contributed by atoms with Crippen LogP contribution >= 0.6 is 0 Å². The van der Waals surface area contributed by atoms with Crippen LogP contribution in [0.1, 0.15) is 32.1 Å². The van der Waals surface area contributed by atoms with Crippen molar-refractivity contribution in [1.29, 1.82) is 0 Å². The van der Waals surface area contributed by atoms with Gasteiger partial charge in [-0.3, -0.25) is 0 Å². The molecule has 1 N–H and O–H groups in total. The fourth-order valence-corrected chi connectivity index (χ4v) is 4.42. The van der Waals surface area contributed by atoms with Crippen LogP contribution in [0, 0.1) is 0 Å². The van der Waals surface area contributed by atoms with Crippen molar-refractivity contribution in [3.05, 3.63) is 0 Å². The largest absolute Gasteiger partial charge is 0.418 e. The summed E-state index contributed by atoms with van der Waals surface area (Å²) in [6.07, 6.45) is 6.87. The lowest BCUT2D eigenvalue weighted by Crippen LogP contribution is -2.44. The average molecular weight is 188 g/mol. The lowest BCUT2D eigenvalue weighted by atomic mass is 10.0. The Morgan fingerprint density at radius 3 is 2.33 bits per heavy atom. The van der Waals surface area contributed by atoms with Crippen LogP contribution in [-0.4, -0.2) is 26.8 Å². The summed E-state index contributed by atoms with van der Waals surface area (Å²) in [5.74, 6) is 0. The summed E-state index contributed by atoms with van der Waals surface area (Å²) in [7, 11) is 0.0200. The van der Waals surface area contributed by atoms with Crippen molar-refractivity contribution in [2.24, 2.45) is 0 Å². The van der Waals surface area contributed by atoms with Gasteiger partial charge in [0.1, 0.15) is 0 Å². The Labute approximate surface area is 76.1 Å². The Morgan fingerprint density at radius 1 is 1.33 bits per heavy atom. The fraction of sp³-hybridized carbons (Fsp3) is 1.00. The van der Waals surface area contributed by atoms with Crippen molar-refractivity contribution in [2.45, 2.75) is 44.2 Å². The highest BCUT2D eigenvalue weighted by atomic mass is 28.4. The maximum absolute atomic E-state index is 9.27. The molecule has 1 rings (SSSR count). The number of hydrogen-bond acceptors (Lipinski definition) is 2. The lowest BCUT2D eigenvalue weighted by Gasteiger charge is -2.34. The molecule has 0 amide bonds. The van der Waals surface area contributed by atoms with Gasteiger partial charge in [0, 0.05) is 7.11 Å². The van der Waals surface area contributed by atoms with Crippen molar-refractivity contribution in [3.8, 4) is 0 Å². The summed E-state index contributed by atoms with van der Waals surface area (Å²) in [6.45, 7) is 2.16. The summed E-state index contributed by atoms with van der Waals surface area (Å²) in [5.41, 5.74) is 0.696. The second kappa shape index (κ2) is 4.39. The van der Waals surface area contributed by atoms with Crippen molar-refractivity contribution >= 4 is 8.32 Å². The summed E-state index contributed by atoms with van der Waals surface area (Å²) in [6, 6.07) is 0. The molecule has 0 heterocycles. The average Bonchev–Trinajstić information content (AvgIpc) is 2.18. The SMILES string of the molecule is CO[Si](C)(CO)C1CCCCC1. The first-order chi connectivity index (χ1) is 5.73. The van der Waals surface area contributed by atoms with Crippen LogP contribution in [0.4, 0.5) is 0 Å². The van der Waals surface area contributed by atoms with Gasteiger partial charge < -0.3 is 9.53 Å². The molecular formula is C9H20O2Si. The minimum absolute atomic E-state index is 0.286. The molecule has 1 saturated carbocycles. The van der Waals surface area contributed by atoms with E-state index in [1.165, 1.54) is 32.1 Å². The van der Waals surface area contributed by atoms with E-state index in [1.54, 1.807) is 7.11 Å². The van der Waals surface area contributed by atoms with Gasteiger partial charge in [0.2, 0.25) is 8.32 Å². The second-order valence-corrected chi connectivity index (χ2v) is 8.18. The first-order valence-electron chi connectivity index (χ1n) is 4.89. The number of aliphatic hydroxyl groups is 1. The molecule has 0 saturated heterocycles. The summed E-state index contributed by atoms with van der Waals surface area (Å²) in [4.78, 5) is 0. The minimum Gasteiger partial charge on any atom is -0.418 e. The Morgan fingerprint density at radius 2 is 1.92 bits per heavy atom. The van der Waals surface area contributed by atoms with Gasteiger partial charge in [0.25, 0.3) is 0 Å². The summed E-state index contributed by atoms with van der Waals surface area (Å²) >= 11 is 0. The first-order valence-corrected chi connectivity index (χ1v) is 7.58. The Hall–Kier alpha value is 0.137. The molecule has 0 aromatic rings. The van der Waals surface area contributed by atoms with Crippen molar-refractivity contribution in [1.82, 2.24) is 0 Å². The van der Waals surface area contributed by atoms with Crippen LogP contribution in [0.25, 0.3) is 0 Å².